The zero-order chi connectivity index (χ0) is 20.1. The summed E-state index contributed by atoms with van der Waals surface area (Å²) in [5.41, 5.74) is 2.39. The molecule has 0 saturated heterocycles. The molecule has 28 heavy (non-hydrogen) atoms. The number of amides is 1. The van der Waals surface area contributed by atoms with Crippen molar-refractivity contribution in [2.45, 2.75) is 20.4 Å². The fraction of sp³-hybridized carbons (Fsp3) is 0.211. The van der Waals surface area contributed by atoms with E-state index in [0.717, 1.165) is 16.9 Å². The number of aromatic nitrogens is 4. The van der Waals surface area contributed by atoms with Crippen LogP contribution in [0.15, 0.2) is 43.0 Å². The van der Waals surface area contributed by atoms with E-state index in [0.29, 0.717) is 27.9 Å². The molecule has 0 bridgehead atoms. The van der Waals surface area contributed by atoms with Gasteiger partial charge >= 0.3 is 5.97 Å². The van der Waals surface area contributed by atoms with Gasteiger partial charge in [-0.3, -0.25) is 10.1 Å². The van der Waals surface area contributed by atoms with E-state index in [9.17, 15) is 9.59 Å². The summed E-state index contributed by atoms with van der Waals surface area (Å²) in [6, 6.07) is 9.78. The predicted molar refractivity (Wildman–Crippen MR) is 106 cm³/mol. The van der Waals surface area contributed by atoms with Crippen LogP contribution in [-0.4, -0.2) is 38.5 Å². The molecule has 8 nitrogen and oxygen atoms in total. The Balaban J connectivity index is 1.72. The van der Waals surface area contributed by atoms with Gasteiger partial charge in [0.15, 0.2) is 10.8 Å². The van der Waals surface area contributed by atoms with Gasteiger partial charge in [-0.15, -0.1) is 5.10 Å². The van der Waals surface area contributed by atoms with E-state index < -0.39 is 11.9 Å². The lowest BCUT2D eigenvalue weighted by Gasteiger charge is -2.04. The summed E-state index contributed by atoms with van der Waals surface area (Å²) in [5.74, 6) is -0.933. The number of aryl methyl sites for hydroxylation is 1. The van der Waals surface area contributed by atoms with Crippen molar-refractivity contribution in [3.05, 3.63) is 70.5 Å². The van der Waals surface area contributed by atoms with E-state index in [1.54, 1.807) is 18.5 Å². The first-order valence-electron chi connectivity index (χ1n) is 8.50. The Morgan fingerprint density at radius 3 is 2.75 bits per heavy atom. The monoisotopic (exact) mass is 397 g/mol. The van der Waals surface area contributed by atoms with Crippen molar-refractivity contribution in [3.8, 4) is 0 Å². The summed E-state index contributed by atoms with van der Waals surface area (Å²) >= 11 is 1.05. The Morgan fingerprint density at radius 1 is 1.29 bits per heavy atom. The molecule has 2 heterocycles. The molecule has 144 valence electrons. The number of hydrogen-bond donors (Lipinski definition) is 1. The average molecular weight is 397 g/mol. The summed E-state index contributed by atoms with van der Waals surface area (Å²) in [6.07, 6.45) is 1.48. The van der Waals surface area contributed by atoms with Crippen LogP contribution in [-0.2, 0) is 11.3 Å². The Morgan fingerprint density at radius 2 is 2.04 bits per heavy atom. The molecule has 0 fully saturated rings. The number of benzene rings is 1. The Kier molecular flexibility index (Phi) is 5.95. The van der Waals surface area contributed by atoms with Gasteiger partial charge in [-0.2, -0.15) is 0 Å². The van der Waals surface area contributed by atoms with Gasteiger partial charge in [0.1, 0.15) is 11.5 Å². The largest absolute Gasteiger partial charge is 0.457 e. The summed E-state index contributed by atoms with van der Waals surface area (Å²) in [6.45, 7) is 7.59. The highest BCUT2D eigenvalue weighted by atomic mass is 32.1. The van der Waals surface area contributed by atoms with Gasteiger partial charge in [-0.25, -0.2) is 14.5 Å². The van der Waals surface area contributed by atoms with Gasteiger partial charge < -0.3 is 4.74 Å². The van der Waals surface area contributed by atoms with E-state index in [1.165, 1.54) is 6.08 Å². The molecular formula is C19H19N5O3S. The van der Waals surface area contributed by atoms with Crippen LogP contribution >= 0.6 is 11.3 Å². The van der Waals surface area contributed by atoms with Gasteiger partial charge in [-0.1, -0.05) is 59.5 Å². The predicted octanol–water partition coefficient (Wildman–Crippen LogP) is 2.99. The number of ether oxygens (including phenoxy) is 1. The van der Waals surface area contributed by atoms with Crippen LogP contribution < -0.4 is 5.32 Å². The van der Waals surface area contributed by atoms with Crippen molar-refractivity contribution < 1.29 is 14.3 Å². The van der Waals surface area contributed by atoms with Gasteiger partial charge in [0.2, 0.25) is 0 Å². The van der Waals surface area contributed by atoms with Gasteiger partial charge in [0.05, 0.1) is 17.9 Å². The van der Waals surface area contributed by atoms with E-state index in [-0.39, 0.29) is 12.3 Å². The van der Waals surface area contributed by atoms with Gasteiger partial charge in [0, 0.05) is 0 Å². The minimum Gasteiger partial charge on any atom is -0.457 e. The number of nitrogens with one attached hydrogen (secondary N) is 1. The number of anilines is 1. The molecule has 1 aromatic carbocycles. The highest BCUT2D eigenvalue weighted by Gasteiger charge is 2.21. The lowest BCUT2D eigenvalue weighted by molar-refractivity contribution is 0.0554. The third-order valence-corrected chi connectivity index (χ3v) is 4.96. The van der Waals surface area contributed by atoms with Crippen molar-refractivity contribution in [3.63, 3.8) is 0 Å². The van der Waals surface area contributed by atoms with Crippen molar-refractivity contribution in [1.82, 2.24) is 20.0 Å². The quantitative estimate of drug-likeness (QED) is 0.486. The second-order valence-corrected chi connectivity index (χ2v) is 6.94. The molecule has 0 aliphatic heterocycles. The Labute approximate surface area is 165 Å². The maximum absolute atomic E-state index is 12.6. The van der Waals surface area contributed by atoms with Crippen molar-refractivity contribution in [2.24, 2.45) is 0 Å². The first-order valence-corrected chi connectivity index (χ1v) is 9.32. The second kappa shape index (κ2) is 8.57. The second-order valence-electron chi connectivity index (χ2n) is 5.94. The third-order valence-electron chi connectivity index (χ3n) is 3.91. The standard InChI is InChI=1S/C19H19N5O3S/c1-4-10-27-18(26)16-12(2)20-19(28-16)21-17(25)15-13(3)24(23-22-15)11-14-8-6-5-7-9-14/h4-9H,1,10-11H2,2-3H3,(H,20,21,25). The van der Waals surface area contributed by atoms with Crippen LogP contribution in [0.3, 0.4) is 0 Å². The van der Waals surface area contributed by atoms with Crippen LogP contribution in [0.25, 0.3) is 0 Å². The molecule has 3 aromatic rings. The number of nitrogens with zero attached hydrogens (tertiary/aromatic N) is 4. The third kappa shape index (κ3) is 4.32. The summed E-state index contributed by atoms with van der Waals surface area (Å²) in [4.78, 5) is 29.1. The highest BCUT2D eigenvalue weighted by molar-refractivity contribution is 7.17. The molecule has 3 rings (SSSR count). The zero-order valence-electron chi connectivity index (χ0n) is 15.5. The number of thiazole rings is 1. The van der Waals surface area contributed by atoms with Crippen molar-refractivity contribution >= 4 is 28.3 Å². The van der Waals surface area contributed by atoms with E-state index >= 15 is 0 Å². The smallest absolute Gasteiger partial charge is 0.350 e. The van der Waals surface area contributed by atoms with E-state index in [1.807, 2.05) is 30.3 Å². The molecule has 0 aliphatic carbocycles. The van der Waals surface area contributed by atoms with Crippen LogP contribution in [0, 0.1) is 13.8 Å². The Hall–Kier alpha value is -3.33. The summed E-state index contributed by atoms with van der Waals surface area (Å²) in [5, 5.41) is 11.0. The van der Waals surface area contributed by atoms with Crippen molar-refractivity contribution in [2.75, 3.05) is 11.9 Å². The summed E-state index contributed by atoms with van der Waals surface area (Å²) in [7, 11) is 0. The average Bonchev–Trinajstić information content (AvgIpc) is 3.23. The van der Waals surface area contributed by atoms with Crippen LogP contribution in [0.1, 0.15) is 37.1 Å². The number of carbonyl (C=O) groups excluding carboxylic acids is 2. The summed E-state index contributed by atoms with van der Waals surface area (Å²) < 4.78 is 6.68. The first-order chi connectivity index (χ1) is 13.5. The normalized spacial score (nSPS) is 10.5. The molecule has 9 heteroatoms. The number of esters is 1. The van der Waals surface area contributed by atoms with E-state index in [4.69, 9.17) is 4.74 Å². The van der Waals surface area contributed by atoms with Crippen LogP contribution in [0.5, 0.6) is 0 Å². The zero-order valence-corrected chi connectivity index (χ0v) is 16.3. The molecule has 0 spiro atoms. The van der Waals surface area contributed by atoms with Crippen LogP contribution in [0.4, 0.5) is 5.13 Å². The molecular weight excluding hydrogens is 378 g/mol. The number of carbonyl (C=O) groups is 2. The Bertz CT molecular complexity index is 1010. The lowest BCUT2D eigenvalue weighted by atomic mass is 10.2. The molecule has 0 aliphatic rings. The highest BCUT2D eigenvalue weighted by Crippen LogP contribution is 2.24. The fourth-order valence-electron chi connectivity index (χ4n) is 2.47. The minimum atomic E-state index is -0.500. The molecule has 0 radical (unpaired) electrons. The van der Waals surface area contributed by atoms with Gasteiger partial charge in [0.25, 0.3) is 5.91 Å². The molecule has 1 amide bonds. The molecule has 1 N–H and O–H groups in total. The molecule has 2 aromatic heterocycles. The number of rotatable bonds is 7. The van der Waals surface area contributed by atoms with Crippen molar-refractivity contribution in [1.29, 1.82) is 0 Å². The molecule has 0 atom stereocenters. The maximum Gasteiger partial charge on any atom is 0.350 e. The number of hydrogen-bond acceptors (Lipinski definition) is 7. The SMILES string of the molecule is C=CCOC(=O)c1sc(NC(=O)c2nnn(Cc3ccccc3)c2C)nc1C. The minimum absolute atomic E-state index is 0.113. The van der Waals surface area contributed by atoms with E-state index in [2.05, 4.69) is 27.2 Å². The van der Waals surface area contributed by atoms with Gasteiger partial charge in [-0.05, 0) is 19.4 Å². The topological polar surface area (TPSA) is 99.0 Å². The van der Waals surface area contributed by atoms with Crippen LogP contribution in [0.2, 0.25) is 0 Å². The fourth-order valence-corrected chi connectivity index (χ4v) is 3.33. The molecule has 0 unspecified atom stereocenters. The maximum atomic E-state index is 12.6. The first kappa shape index (κ1) is 19.4. The lowest BCUT2D eigenvalue weighted by Crippen LogP contribution is -2.14. The molecule has 0 saturated carbocycles.